The first-order valence-corrected chi connectivity index (χ1v) is 12.6. The SMILES string of the molecule is Nc1nc(N2CCN3C[C@H](COc4ccc5cnccc5c4)CC[C@H]3C2)nc2nc(-c3ccco3)nn12. The van der Waals surface area contributed by atoms with Gasteiger partial charge in [-0.15, -0.1) is 5.10 Å². The van der Waals surface area contributed by atoms with Crippen LogP contribution in [0.5, 0.6) is 5.75 Å². The van der Waals surface area contributed by atoms with Crippen molar-refractivity contribution in [1.82, 2.24) is 34.4 Å². The van der Waals surface area contributed by atoms with Gasteiger partial charge in [0, 0.05) is 55.9 Å². The summed E-state index contributed by atoms with van der Waals surface area (Å²) in [6, 6.07) is 12.3. The fourth-order valence-electron chi connectivity index (χ4n) is 5.39. The molecule has 4 aromatic heterocycles. The maximum absolute atomic E-state index is 6.22. The first-order chi connectivity index (χ1) is 18.2. The van der Waals surface area contributed by atoms with Gasteiger partial charge in [-0.2, -0.15) is 19.5 Å². The average Bonchev–Trinajstić information content (AvgIpc) is 3.62. The maximum Gasteiger partial charge on any atom is 0.259 e. The summed E-state index contributed by atoms with van der Waals surface area (Å²) in [6.45, 7) is 4.40. The standard InChI is InChI=1S/C26H27N9O2/c27-24-30-25(31-26-29-23(32-35(24)26)22-2-1-11-36-22)34-10-9-33-14-17(3-5-20(33)15-34)16-37-21-6-4-19-13-28-8-7-18(19)12-21/h1-2,4,6-8,11-13,17,20H,3,5,9-10,14-16H2,(H2,27,29,30,31,32)/t17-,20+/m1/s1. The van der Waals surface area contributed by atoms with Crippen molar-refractivity contribution in [2.45, 2.75) is 18.9 Å². The number of benzene rings is 1. The Kier molecular flexibility index (Phi) is 5.35. The summed E-state index contributed by atoms with van der Waals surface area (Å²) in [7, 11) is 0. The lowest BCUT2D eigenvalue weighted by Crippen LogP contribution is -2.57. The number of ether oxygens (including phenoxy) is 1. The lowest BCUT2D eigenvalue weighted by molar-refractivity contribution is 0.0726. The zero-order valence-electron chi connectivity index (χ0n) is 20.3. The van der Waals surface area contributed by atoms with E-state index in [0.29, 0.717) is 35.3 Å². The van der Waals surface area contributed by atoms with Crippen LogP contribution in [0.15, 0.2) is 59.5 Å². The Balaban J connectivity index is 0.996. The number of nitrogen functional groups attached to an aromatic ring is 1. The molecule has 0 saturated carbocycles. The minimum Gasteiger partial charge on any atom is -0.493 e. The number of nitrogens with two attached hydrogens (primary N) is 1. The molecule has 2 N–H and O–H groups in total. The van der Waals surface area contributed by atoms with Crippen LogP contribution < -0.4 is 15.4 Å². The molecular formula is C26H27N9O2. The minimum atomic E-state index is 0.263. The molecule has 5 aromatic rings. The third-order valence-electron chi connectivity index (χ3n) is 7.35. The topological polar surface area (TPSA) is 124 Å². The molecule has 2 saturated heterocycles. The summed E-state index contributed by atoms with van der Waals surface area (Å²) in [4.78, 5) is 22.7. The number of furan rings is 1. The Morgan fingerprint density at radius 2 is 2.00 bits per heavy atom. The number of hydrogen-bond acceptors (Lipinski definition) is 10. The number of piperazine rings is 1. The van der Waals surface area contributed by atoms with Crippen LogP contribution in [-0.2, 0) is 0 Å². The van der Waals surface area contributed by atoms with Crippen molar-refractivity contribution in [3.05, 3.63) is 55.1 Å². The summed E-state index contributed by atoms with van der Waals surface area (Å²) >= 11 is 0. The Labute approximate surface area is 212 Å². The molecule has 0 bridgehead atoms. The molecule has 2 aliphatic heterocycles. The van der Waals surface area contributed by atoms with Gasteiger partial charge in [-0.05, 0) is 54.6 Å². The van der Waals surface area contributed by atoms with Gasteiger partial charge in [-0.25, -0.2) is 0 Å². The van der Waals surface area contributed by atoms with E-state index in [4.69, 9.17) is 14.9 Å². The Hall–Kier alpha value is -4.25. The number of nitrogens with zero attached hydrogens (tertiary/aromatic N) is 8. The van der Waals surface area contributed by atoms with Gasteiger partial charge in [-0.3, -0.25) is 9.88 Å². The van der Waals surface area contributed by atoms with Crippen molar-refractivity contribution in [3.63, 3.8) is 0 Å². The lowest BCUT2D eigenvalue weighted by Gasteiger charge is -2.46. The summed E-state index contributed by atoms with van der Waals surface area (Å²) in [6.07, 6.45) is 7.52. The molecule has 0 radical (unpaired) electrons. The number of hydrogen-bond donors (Lipinski definition) is 1. The predicted molar refractivity (Wildman–Crippen MR) is 138 cm³/mol. The molecule has 6 heterocycles. The molecule has 188 valence electrons. The summed E-state index contributed by atoms with van der Waals surface area (Å²) in [5, 5.41) is 6.66. The van der Waals surface area contributed by atoms with E-state index in [1.807, 2.05) is 24.5 Å². The van der Waals surface area contributed by atoms with Crippen molar-refractivity contribution in [3.8, 4) is 17.3 Å². The van der Waals surface area contributed by atoms with Crippen LogP contribution in [0.1, 0.15) is 12.8 Å². The maximum atomic E-state index is 6.22. The summed E-state index contributed by atoms with van der Waals surface area (Å²) in [5.41, 5.74) is 6.22. The zero-order chi connectivity index (χ0) is 24.8. The van der Waals surface area contributed by atoms with Crippen LogP contribution in [0.25, 0.3) is 28.1 Å². The Morgan fingerprint density at radius 1 is 1.03 bits per heavy atom. The van der Waals surface area contributed by atoms with Crippen LogP contribution in [0.4, 0.5) is 11.9 Å². The second-order valence-corrected chi connectivity index (χ2v) is 9.74. The highest BCUT2D eigenvalue weighted by molar-refractivity contribution is 5.82. The first-order valence-electron chi connectivity index (χ1n) is 12.6. The largest absolute Gasteiger partial charge is 0.493 e. The molecule has 0 spiro atoms. The van der Waals surface area contributed by atoms with Gasteiger partial charge < -0.3 is 19.8 Å². The van der Waals surface area contributed by atoms with E-state index >= 15 is 0 Å². The fourth-order valence-corrected chi connectivity index (χ4v) is 5.39. The molecule has 11 heteroatoms. The molecule has 2 atom stereocenters. The van der Waals surface area contributed by atoms with Crippen molar-refractivity contribution in [2.24, 2.45) is 5.92 Å². The van der Waals surface area contributed by atoms with E-state index in [2.05, 4.69) is 47.0 Å². The fraction of sp³-hybridized carbons (Fsp3) is 0.346. The number of rotatable bonds is 5. The van der Waals surface area contributed by atoms with Crippen LogP contribution in [-0.4, -0.2) is 73.3 Å². The van der Waals surface area contributed by atoms with Gasteiger partial charge in [0.15, 0.2) is 5.76 Å². The van der Waals surface area contributed by atoms with Crippen LogP contribution in [0.2, 0.25) is 0 Å². The second kappa shape index (κ2) is 9.00. The van der Waals surface area contributed by atoms with Crippen molar-refractivity contribution < 1.29 is 9.15 Å². The highest BCUT2D eigenvalue weighted by Crippen LogP contribution is 2.28. The normalized spacial score (nSPS) is 20.4. The molecule has 11 nitrogen and oxygen atoms in total. The second-order valence-electron chi connectivity index (χ2n) is 9.74. The van der Waals surface area contributed by atoms with E-state index in [1.54, 1.807) is 18.4 Å². The van der Waals surface area contributed by atoms with Gasteiger partial charge in [0.25, 0.3) is 5.78 Å². The van der Waals surface area contributed by atoms with Gasteiger partial charge in [0.2, 0.25) is 17.7 Å². The van der Waals surface area contributed by atoms with Gasteiger partial charge >= 0.3 is 0 Å². The van der Waals surface area contributed by atoms with Crippen LogP contribution in [0.3, 0.4) is 0 Å². The molecule has 0 amide bonds. The monoisotopic (exact) mass is 497 g/mol. The van der Waals surface area contributed by atoms with Gasteiger partial charge in [-0.1, -0.05) is 0 Å². The Bertz CT molecular complexity index is 1550. The third kappa shape index (κ3) is 4.20. The number of piperidine rings is 1. The van der Waals surface area contributed by atoms with Crippen molar-refractivity contribution >= 4 is 28.4 Å². The quantitative estimate of drug-likeness (QED) is 0.388. The average molecular weight is 498 g/mol. The number of pyridine rings is 1. The van der Waals surface area contributed by atoms with Crippen molar-refractivity contribution in [2.75, 3.05) is 43.4 Å². The summed E-state index contributed by atoms with van der Waals surface area (Å²) in [5.74, 6) is 3.71. The number of aromatic nitrogens is 6. The van der Waals surface area contributed by atoms with Gasteiger partial charge in [0.1, 0.15) is 5.75 Å². The molecule has 2 aliphatic rings. The van der Waals surface area contributed by atoms with Gasteiger partial charge in [0.05, 0.1) is 12.9 Å². The third-order valence-corrected chi connectivity index (χ3v) is 7.35. The predicted octanol–water partition coefficient (Wildman–Crippen LogP) is 2.89. The Morgan fingerprint density at radius 3 is 2.92 bits per heavy atom. The van der Waals surface area contributed by atoms with Crippen molar-refractivity contribution in [1.29, 1.82) is 0 Å². The number of fused-ring (bicyclic) bond motifs is 3. The smallest absolute Gasteiger partial charge is 0.259 e. The summed E-state index contributed by atoms with van der Waals surface area (Å²) < 4.78 is 13.1. The molecule has 1 aromatic carbocycles. The zero-order valence-corrected chi connectivity index (χ0v) is 20.3. The molecule has 0 aliphatic carbocycles. The van der Waals surface area contributed by atoms with E-state index < -0.39 is 0 Å². The molecule has 37 heavy (non-hydrogen) atoms. The number of anilines is 2. The molecule has 2 fully saturated rings. The van der Waals surface area contributed by atoms with Crippen LogP contribution in [0, 0.1) is 5.92 Å². The lowest BCUT2D eigenvalue weighted by atomic mass is 9.91. The molecule has 7 rings (SSSR count). The molecular weight excluding hydrogens is 470 g/mol. The van der Waals surface area contributed by atoms with E-state index in [-0.39, 0.29) is 5.95 Å². The van der Waals surface area contributed by atoms with E-state index in [0.717, 1.165) is 62.1 Å². The van der Waals surface area contributed by atoms with E-state index in [1.165, 1.54) is 4.52 Å². The molecule has 0 unspecified atom stereocenters. The minimum absolute atomic E-state index is 0.263. The van der Waals surface area contributed by atoms with Crippen LogP contribution >= 0.6 is 0 Å². The highest BCUT2D eigenvalue weighted by atomic mass is 16.5. The highest BCUT2D eigenvalue weighted by Gasteiger charge is 2.34. The van der Waals surface area contributed by atoms with E-state index in [9.17, 15) is 0 Å². The first kappa shape index (κ1) is 22.0.